The van der Waals surface area contributed by atoms with Crippen LogP contribution >= 0.6 is 31.9 Å². The Morgan fingerprint density at radius 1 is 1.28 bits per heavy atom. The standard InChI is InChI=1S/C13H15Br2NO2/c14-8-5-6-9(10(15)7-8)13(18)16-11-3-1-2-4-12(11)17/h5-7,11-12,17H,1-4H2,(H,16,18)/t11-,12-/m0/s1. The first-order valence-corrected chi connectivity index (χ1v) is 7.60. The topological polar surface area (TPSA) is 49.3 Å². The van der Waals surface area contributed by atoms with Gasteiger partial charge in [-0.3, -0.25) is 4.79 Å². The molecule has 1 aliphatic rings. The van der Waals surface area contributed by atoms with E-state index in [0.29, 0.717) is 5.56 Å². The monoisotopic (exact) mass is 375 g/mol. The highest BCUT2D eigenvalue weighted by Crippen LogP contribution is 2.23. The SMILES string of the molecule is O=C(N[C@H]1CCCC[C@@H]1O)c1ccc(Br)cc1Br. The molecule has 98 valence electrons. The number of nitrogens with one attached hydrogen (secondary N) is 1. The van der Waals surface area contributed by atoms with Crippen LogP contribution in [0.25, 0.3) is 0 Å². The minimum Gasteiger partial charge on any atom is -0.391 e. The molecule has 0 spiro atoms. The molecule has 1 aromatic rings. The first-order valence-electron chi connectivity index (χ1n) is 6.02. The molecule has 5 heteroatoms. The summed E-state index contributed by atoms with van der Waals surface area (Å²) in [5.41, 5.74) is 0.593. The number of rotatable bonds is 2. The van der Waals surface area contributed by atoms with Gasteiger partial charge in [-0.25, -0.2) is 0 Å². The number of carbonyl (C=O) groups excluding carboxylic acids is 1. The summed E-state index contributed by atoms with van der Waals surface area (Å²) < 4.78 is 1.67. The van der Waals surface area contributed by atoms with Gasteiger partial charge >= 0.3 is 0 Å². The molecule has 0 aliphatic heterocycles. The van der Waals surface area contributed by atoms with Gasteiger partial charge in [-0.1, -0.05) is 28.8 Å². The Kier molecular flexibility index (Phi) is 4.81. The molecule has 0 heterocycles. The van der Waals surface area contributed by atoms with E-state index in [1.807, 2.05) is 12.1 Å². The molecule has 1 aliphatic carbocycles. The lowest BCUT2D eigenvalue weighted by Gasteiger charge is -2.28. The van der Waals surface area contributed by atoms with Crippen molar-refractivity contribution < 1.29 is 9.90 Å². The molecule has 18 heavy (non-hydrogen) atoms. The minimum atomic E-state index is -0.420. The van der Waals surface area contributed by atoms with Gasteiger partial charge in [0, 0.05) is 8.95 Å². The summed E-state index contributed by atoms with van der Waals surface area (Å²) in [6.07, 6.45) is 3.30. The van der Waals surface area contributed by atoms with Crippen LogP contribution in [0.3, 0.4) is 0 Å². The van der Waals surface area contributed by atoms with E-state index in [2.05, 4.69) is 37.2 Å². The summed E-state index contributed by atoms with van der Waals surface area (Å²) in [5.74, 6) is -0.139. The lowest BCUT2D eigenvalue weighted by molar-refractivity contribution is 0.0716. The highest BCUT2D eigenvalue weighted by atomic mass is 79.9. The predicted octanol–water partition coefficient (Wildman–Crippen LogP) is 3.24. The number of amides is 1. The smallest absolute Gasteiger partial charge is 0.252 e. The first kappa shape index (κ1) is 14.0. The van der Waals surface area contributed by atoms with Crippen molar-refractivity contribution in [2.24, 2.45) is 0 Å². The second kappa shape index (κ2) is 6.17. The highest BCUT2D eigenvalue weighted by molar-refractivity contribution is 9.11. The van der Waals surface area contributed by atoms with Crippen molar-refractivity contribution in [3.05, 3.63) is 32.7 Å². The maximum absolute atomic E-state index is 12.1. The molecule has 2 rings (SSSR count). The van der Waals surface area contributed by atoms with Gasteiger partial charge in [0.15, 0.2) is 0 Å². The summed E-state index contributed by atoms with van der Waals surface area (Å²) in [5, 5.41) is 12.8. The third-order valence-corrected chi connectivity index (χ3v) is 4.37. The lowest BCUT2D eigenvalue weighted by atomic mass is 9.92. The van der Waals surface area contributed by atoms with Crippen LogP contribution in [0.4, 0.5) is 0 Å². The zero-order chi connectivity index (χ0) is 13.1. The van der Waals surface area contributed by atoms with Crippen LogP contribution in [0.15, 0.2) is 27.1 Å². The number of halogens is 2. The fraction of sp³-hybridized carbons (Fsp3) is 0.462. The van der Waals surface area contributed by atoms with Gasteiger partial charge in [-0.15, -0.1) is 0 Å². The summed E-state index contributed by atoms with van der Waals surface area (Å²) >= 11 is 6.73. The number of carbonyl (C=O) groups is 1. The molecule has 0 unspecified atom stereocenters. The summed E-state index contributed by atoms with van der Waals surface area (Å²) in [7, 11) is 0. The molecule has 0 radical (unpaired) electrons. The van der Waals surface area contributed by atoms with Gasteiger partial charge in [0.2, 0.25) is 0 Å². The molecule has 0 aromatic heterocycles. The van der Waals surface area contributed by atoms with Gasteiger partial charge < -0.3 is 10.4 Å². The van der Waals surface area contributed by atoms with Crippen molar-refractivity contribution in [1.82, 2.24) is 5.32 Å². The summed E-state index contributed by atoms with van der Waals surface area (Å²) in [6.45, 7) is 0. The van der Waals surface area contributed by atoms with E-state index in [1.165, 1.54) is 0 Å². The van der Waals surface area contributed by atoms with Gasteiger partial charge in [0.25, 0.3) is 5.91 Å². The number of aliphatic hydroxyl groups is 1. The van der Waals surface area contributed by atoms with Crippen LogP contribution < -0.4 is 5.32 Å². The molecule has 1 aromatic carbocycles. The number of benzene rings is 1. The maximum Gasteiger partial charge on any atom is 0.252 e. The second-order valence-corrected chi connectivity index (χ2v) is 6.33. The van der Waals surface area contributed by atoms with Crippen molar-refractivity contribution in [1.29, 1.82) is 0 Å². The van der Waals surface area contributed by atoms with Crippen LogP contribution in [-0.4, -0.2) is 23.2 Å². The minimum absolute atomic E-state index is 0.123. The number of hydrogen-bond donors (Lipinski definition) is 2. The summed E-state index contributed by atoms with van der Waals surface area (Å²) in [6, 6.07) is 5.31. The van der Waals surface area contributed by atoms with Crippen molar-refractivity contribution >= 4 is 37.8 Å². The maximum atomic E-state index is 12.1. The quantitative estimate of drug-likeness (QED) is 0.832. The zero-order valence-corrected chi connectivity index (χ0v) is 13.0. The molecule has 0 bridgehead atoms. The lowest BCUT2D eigenvalue weighted by Crippen LogP contribution is -2.45. The third-order valence-electron chi connectivity index (χ3n) is 3.22. The van der Waals surface area contributed by atoms with Gasteiger partial charge in [-0.05, 0) is 47.0 Å². The predicted molar refractivity (Wildman–Crippen MR) is 77.6 cm³/mol. The molecule has 3 nitrogen and oxygen atoms in total. The Balaban J connectivity index is 2.07. The summed E-state index contributed by atoms with van der Waals surface area (Å²) in [4.78, 5) is 12.1. The molecule has 1 amide bonds. The zero-order valence-electron chi connectivity index (χ0n) is 9.83. The molecule has 0 saturated heterocycles. The van der Waals surface area contributed by atoms with Gasteiger partial charge in [-0.2, -0.15) is 0 Å². The fourth-order valence-electron chi connectivity index (χ4n) is 2.20. The van der Waals surface area contributed by atoms with Crippen molar-refractivity contribution in [3.8, 4) is 0 Å². The normalized spacial score (nSPS) is 23.7. The van der Waals surface area contributed by atoms with E-state index in [0.717, 1.165) is 34.6 Å². The molecule has 1 saturated carbocycles. The molecule has 2 N–H and O–H groups in total. The van der Waals surface area contributed by atoms with E-state index in [-0.39, 0.29) is 11.9 Å². The average Bonchev–Trinajstić information content (AvgIpc) is 2.32. The number of aliphatic hydroxyl groups excluding tert-OH is 1. The highest BCUT2D eigenvalue weighted by Gasteiger charge is 2.25. The Morgan fingerprint density at radius 2 is 2.00 bits per heavy atom. The Bertz CT molecular complexity index is 451. The first-order chi connectivity index (χ1) is 8.58. The molecule has 2 atom stereocenters. The largest absolute Gasteiger partial charge is 0.391 e. The molecular formula is C13H15Br2NO2. The molecule has 1 fully saturated rings. The second-order valence-electron chi connectivity index (χ2n) is 4.56. The van der Waals surface area contributed by atoms with Crippen molar-refractivity contribution in [2.45, 2.75) is 37.8 Å². The van der Waals surface area contributed by atoms with E-state index < -0.39 is 6.10 Å². The Labute approximate surface area is 123 Å². The Morgan fingerprint density at radius 3 is 2.67 bits per heavy atom. The van der Waals surface area contributed by atoms with E-state index in [9.17, 15) is 9.90 Å². The van der Waals surface area contributed by atoms with Crippen molar-refractivity contribution in [3.63, 3.8) is 0 Å². The van der Waals surface area contributed by atoms with Crippen molar-refractivity contribution in [2.75, 3.05) is 0 Å². The third kappa shape index (κ3) is 3.33. The van der Waals surface area contributed by atoms with Crippen LogP contribution in [-0.2, 0) is 0 Å². The van der Waals surface area contributed by atoms with Crippen LogP contribution in [0.1, 0.15) is 36.0 Å². The Hall–Kier alpha value is -0.390. The van der Waals surface area contributed by atoms with E-state index >= 15 is 0 Å². The number of hydrogen-bond acceptors (Lipinski definition) is 2. The van der Waals surface area contributed by atoms with Crippen LogP contribution in [0, 0.1) is 0 Å². The van der Waals surface area contributed by atoms with Gasteiger partial charge in [0.05, 0.1) is 17.7 Å². The van der Waals surface area contributed by atoms with Crippen LogP contribution in [0.2, 0.25) is 0 Å². The fourth-order valence-corrected chi connectivity index (χ4v) is 3.43. The van der Waals surface area contributed by atoms with E-state index in [1.54, 1.807) is 6.07 Å². The average molecular weight is 377 g/mol. The van der Waals surface area contributed by atoms with Gasteiger partial charge in [0.1, 0.15) is 0 Å². The van der Waals surface area contributed by atoms with E-state index in [4.69, 9.17) is 0 Å². The molecular weight excluding hydrogens is 362 g/mol. The van der Waals surface area contributed by atoms with Crippen LogP contribution in [0.5, 0.6) is 0 Å².